The van der Waals surface area contributed by atoms with Crippen molar-refractivity contribution >= 4 is 45.4 Å². The van der Waals surface area contributed by atoms with Gasteiger partial charge < -0.3 is 20.6 Å². The Morgan fingerprint density at radius 1 is 1.28 bits per heavy atom. The minimum absolute atomic E-state index is 0.0442. The van der Waals surface area contributed by atoms with Crippen molar-refractivity contribution < 1.29 is 19.5 Å². The van der Waals surface area contributed by atoms with E-state index in [1.165, 1.54) is 0 Å². The topological polar surface area (TPSA) is 98.7 Å². The first kappa shape index (κ1) is 23.6. The van der Waals surface area contributed by atoms with E-state index in [0.717, 1.165) is 12.0 Å². The predicted octanol–water partition coefficient (Wildman–Crippen LogP) is 1.67. The number of aliphatic hydroxyl groups is 1. The van der Waals surface area contributed by atoms with Crippen molar-refractivity contribution in [3.8, 4) is 0 Å². The van der Waals surface area contributed by atoms with Gasteiger partial charge in [0, 0.05) is 23.2 Å². The molecule has 0 aliphatic carbocycles. The second-order valence-corrected chi connectivity index (χ2v) is 11.7. The lowest BCUT2D eigenvalue weighted by molar-refractivity contribution is -0.142. The minimum Gasteiger partial charge on any atom is -0.394 e. The van der Waals surface area contributed by atoms with E-state index in [-0.39, 0.29) is 34.4 Å². The molecule has 0 aromatic heterocycles. The molecule has 3 N–H and O–H groups in total. The van der Waals surface area contributed by atoms with Gasteiger partial charge in [-0.25, -0.2) is 0 Å². The molecule has 1 aromatic rings. The van der Waals surface area contributed by atoms with Crippen LogP contribution in [0.3, 0.4) is 0 Å². The Kier molecular flexibility index (Phi) is 6.89. The number of alkyl halides is 1. The van der Waals surface area contributed by atoms with Gasteiger partial charge in [-0.2, -0.15) is 0 Å². The maximum Gasteiger partial charge on any atom is 0.244 e. The zero-order valence-electron chi connectivity index (χ0n) is 18.3. The van der Waals surface area contributed by atoms with E-state index in [1.807, 2.05) is 37.3 Å². The highest BCUT2D eigenvalue weighted by Gasteiger charge is 2.75. The molecule has 2 bridgehead atoms. The van der Waals surface area contributed by atoms with Gasteiger partial charge in [0.05, 0.1) is 29.2 Å². The molecule has 0 saturated carbocycles. The molecule has 7 nitrogen and oxygen atoms in total. The third kappa shape index (κ3) is 3.76. The van der Waals surface area contributed by atoms with Crippen molar-refractivity contribution in [2.45, 2.75) is 60.1 Å². The number of carbonyl (C=O) groups excluding carboxylic acids is 3. The van der Waals surface area contributed by atoms with E-state index in [4.69, 9.17) is 0 Å². The number of fused-ring (bicyclic) bond motifs is 1. The maximum atomic E-state index is 13.7. The highest BCUT2D eigenvalue weighted by molar-refractivity contribution is 9.09. The Hall–Kier alpha value is -1.58. The molecule has 3 amide bonds. The molecule has 174 valence electrons. The van der Waals surface area contributed by atoms with Crippen molar-refractivity contribution in [1.82, 2.24) is 15.5 Å². The Balaban J connectivity index is 1.66. The number of rotatable bonds is 8. The van der Waals surface area contributed by atoms with Gasteiger partial charge in [0.15, 0.2) is 0 Å². The fraction of sp³-hybridized carbons (Fsp3) is 0.609. The number of hydrogen-bond acceptors (Lipinski definition) is 5. The molecule has 7 atom stereocenters. The van der Waals surface area contributed by atoms with Crippen LogP contribution >= 0.6 is 27.7 Å². The zero-order valence-corrected chi connectivity index (χ0v) is 20.7. The van der Waals surface area contributed by atoms with Gasteiger partial charge in [0.25, 0.3) is 0 Å². The predicted molar refractivity (Wildman–Crippen MR) is 127 cm³/mol. The first-order valence-corrected chi connectivity index (χ1v) is 13.0. The summed E-state index contributed by atoms with van der Waals surface area (Å²) < 4.78 is -0.686. The van der Waals surface area contributed by atoms with Gasteiger partial charge in [-0.3, -0.25) is 14.4 Å². The Labute approximate surface area is 201 Å². The Morgan fingerprint density at radius 2 is 2.00 bits per heavy atom. The number of nitrogens with one attached hydrogen (secondary N) is 2. The standard InChI is InChI=1S/C23H30BrN3O4S/c1-3-9-25-20(29)16-17-22(31)27(13(2)12-28)19(23(17)10-15(24)18(16)32-23)21(30)26-11-14-7-5-4-6-8-14/h4-8,13,15-19,28H,3,9-12H2,1-2H3,(H,25,29)(H,26,30)/t13-,15?,16+,17+,18+,19?,23?/m1/s1. The molecule has 3 unspecified atom stereocenters. The number of likely N-dealkylation sites (tertiary alicyclic amines) is 1. The first-order valence-electron chi connectivity index (χ1n) is 11.2. The van der Waals surface area contributed by atoms with E-state index >= 15 is 0 Å². The Morgan fingerprint density at radius 3 is 2.66 bits per heavy atom. The number of amides is 3. The van der Waals surface area contributed by atoms with E-state index in [0.29, 0.717) is 19.5 Å². The number of halogens is 1. The highest BCUT2D eigenvalue weighted by atomic mass is 79.9. The zero-order chi connectivity index (χ0) is 23.0. The van der Waals surface area contributed by atoms with Gasteiger partial charge in [0.1, 0.15) is 6.04 Å². The van der Waals surface area contributed by atoms with Crippen molar-refractivity contribution in [2.24, 2.45) is 11.8 Å². The lowest BCUT2D eigenvalue weighted by Gasteiger charge is -2.36. The average molecular weight is 524 g/mol. The molecule has 3 heterocycles. The highest BCUT2D eigenvalue weighted by Crippen LogP contribution is 2.67. The van der Waals surface area contributed by atoms with E-state index in [1.54, 1.807) is 23.6 Å². The van der Waals surface area contributed by atoms with Crippen LogP contribution in [-0.4, -0.2) is 67.8 Å². The average Bonchev–Trinajstić information content (AvgIpc) is 3.39. The van der Waals surface area contributed by atoms with Gasteiger partial charge in [0.2, 0.25) is 17.7 Å². The van der Waals surface area contributed by atoms with Crippen LogP contribution in [0.2, 0.25) is 0 Å². The quantitative estimate of drug-likeness (QED) is 0.450. The second-order valence-electron chi connectivity index (χ2n) is 8.94. The lowest BCUT2D eigenvalue weighted by atomic mass is 9.70. The van der Waals surface area contributed by atoms with Crippen LogP contribution in [0.15, 0.2) is 30.3 Å². The van der Waals surface area contributed by atoms with E-state index in [9.17, 15) is 19.5 Å². The molecule has 3 saturated heterocycles. The minimum atomic E-state index is -0.732. The molecule has 1 spiro atoms. The molecule has 3 aliphatic heterocycles. The van der Waals surface area contributed by atoms with Crippen molar-refractivity contribution in [1.29, 1.82) is 0 Å². The van der Waals surface area contributed by atoms with Crippen molar-refractivity contribution in [2.75, 3.05) is 13.2 Å². The van der Waals surface area contributed by atoms with Crippen molar-refractivity contribution in [3.63, 3.8) is 0 Å². The summed E-state index contributed by atoms with van der Waals surface area (Å²) in [5.41, 5.74) is 0.972. The molecule has 32 heavy (non-hydrogen) atoms. The number of carbonyl (C=O) groups is 3. The van der Waals surface area contributed by atoms with E-state index < -0.39 is 28.7 Å². The first-order chi connectivity index (χ1) is 15.4. The van der Waals surface area contributed by atoms with E-state index in [2.05, 4.69) is 26.6 Å². The van der Waals surface area contributed by atoms with Gasteiger partial charge in [-0.1, -0.05) is 53.2 Å². The largest absolute Gasteiger partial charge is 0.394 e. The van der Waals surface area contributed by atoms with Gasteiger partial charge in [-0.05, 0) is 25.3 Å². The third-order valence-corrected chi connectivity index (χ3v) is 10.1. The number of benzene rings is 1. The van der Waals surface area contributed by atoms with Crippen LogP contribution in [0.5, 0.6) is 0 Å². The van der Waals surface area contributed by atoms with Gasteiger partial charge in [-0.15, -0.1) is 11.8 Å². The smallest absolute Gasteiger partial charge is 0.244 e. The normalized spacial score (nSPS) is 33.8. The molecular weight excluding hydrogens is 494 g/mol. The molecule has 9 heteroatoms. The monoisotopic (exact) mass is 523 g/mol. The van der Waals surface area contributed by atoms with Crippen LogP contribution in [0, 0.1) is 11.8 Å². The molecule has 4 rings (SSSR count). The second kappa shape index (κ2) is 9.35. The van der Waals surface area contributed by atoms with Crippen molar-refractivity contribution in [3.05, 3.63) is 35.9 Å². The molecule has 3 fully saturated rings. The molecule has 0 radical (unpaired) electrons. The number of hydrogen-bond donors (Lipinski definition) is 3. The van der Waals surface area contributed by atoms with Crippen LogP contribution in [0.4, 0.5) is 0 Å². The van der Waals surface area contributed by atoms with Crippen LogP contribution in [-0.2, 0) is 20.9 Å². The number of aliphatic hydroxyl groups excluding tert-OH is 1. The lowest BCUT2D eigenvalue weighted by Crippen LogP contribution is -2.56. The van der Waals surface area contributed by atoms with Gasteiger partial charge >= 0.3 is 0 Å². The van der Waals surface area contributed by atoms with Crippen LogP contribution in [0.25, 0.3) is 0 Å². The van der Waals surface area contributed by atoms with Crippen LogP contribution in [0.1, 0.15) is 32.3 Å². The molecule has 1 aromatic carbocycles. The fourth-order valence-corrected chi connectivity index (χ4v) is 9.08. The summed E-state index contributed by atoms with van der Waals surface area (Å²) in [6.07, 6.45) is 1.45. The summed E-state index contributed by atoms with van der Waals surface area (Å²) in [5, 5.41) is 15.8. The summed E-state index contributed by atoms with van der Waals surface area (Å²) in [7, 11) is 0. The Bertz CT molecular complexity index is 887. The summed E-state index contributed by atoms with van der Waals surface area (Å²) in [5.74, 6) is -1.59. The molecule has 3 aliphatic rings. The summed E-state index contributed by atoms with van der Waals surface area (Å²) in [4.78, 5) is 41.9. The third-order valence-electron chi connectivity index (χ3n) is 6.88. The van der Waals surface area contributed by atoms with Crippen LogP contribution < -0.4 is 10.6 Å². The summed E-state index contributed by atoms with van der Waals surface area (Å²) >= 11 is 5.35. The fourth-order valence-electron chi connectivity index (χ4n) is 5.48. The summed E-state index contributed by atoms with van der Waals surface area (Å²) in [6, 6.07) is 8.38. The maximum absolute atomic E-state index is 13.7. The summed E-state index contributed by atoms with van der Waals surface area (Å²) in [6.45, 7) is 4.42. The molecular formula is C23H30BrN3O4S. The number of thioether (sulfide) groups is 1. The number of nitrogens with zero attached hydrogens (tertiary/aromatic N) is 1. The SMILES string of the molecule is CCCNC(=O)[C@H]1[C@H]2C(=O)N([C@H](C)CO)C(C(=O)NCc3ccccc3)C23CC(Br)[C@@H]1S3.